The highest BCUT2D eigenvalue weighted by Crippen LogP contribution is 2.25. The second kappa shape index (κ2) is 7.91. The molecule has 3 aromatic rings. The van der Waals surface area contributed by atoms with Gasteiger partial charge in [-0.25, -0.2) is 4.99 Å². The van der Waals surface area contributed by atoms with E-state index < -0.39 is 0 Å². The van der Waals surface area contributed by atoms with Crippen LogP contribution in [0, 0.1) is 6.92 Å². The van der Waals surface area contributed by atoms with Crippen molar-refractivity contribution in [3.05, 3.63) is 68.7 Å². The minimum atomic E-state index is 0.271. The molecule has 1 aliphatic heterocycles. The molecule has 0 aliphatic carbocycles. The van der Waals surface area contributed by atoms with Gasteiger partial charge in [-0.1, -0.05) is 45.8 Å². The minimum absolute atomic E-state index is 0.271. The second-order valence-electron chi connectivity index (χ2n) is 6.61. The molecule has 1 fully saturated rings. The third-order valence-electron chi connectivity index (χ3n) is 4.59. The number of aryl methyl sites for hydroxylation is 1. The molecule has 0 spiro atoms. The summed E-state index contributed by atoms with van der Waals surface area (Å²) in [4.78, 5) is 5.92. The van der Waals surface area contributed by atoms with E-state index in [1.165, 1.54) is 16.8 Å². The van der Waals surface area contributed by atoms with Crippen LogP contribution in [-0.4, -0.2) is 17.3 Å². The molecule has 1 unspecified atom stereocenters. The molecule has 4 rings (SSSR count). The van der Waals surface area contributed by atoms with Gasteiger partial charge in [0.2, 0.25) is 0 Å². The number of thiazole rings is 1. The van der Waals surface area contributed by atoms with Crippen molar-refractivity contribution < 1.29 is 4.74 Å². The van der Waals surface area contributed by atoms with Crippen molar-refractivity contribution in [3.8, 4) is 11.3 Å². The normalized spacial score (nSPS) is 17.8. The molecule has 134 valence electrons. The predicted octanol–water partition coefficient (Wildman–Crippen LogP) is 5.70. The molecule has 1 saturated heterocycles. The maximum atomic E-state index is 5.89. The van der Waals surface area contributed by atoms with Crippen LogP contribution in [0.4, 0.5) is 5.69 Å². The summed E-state index contributed by atoms with van der Waals surface area (Å²) >= 11 is 5.27. The average Bonchev–Trinajstić information content (AvgIpc) is 3.28. The maximum absolute atomic E-state index is 5.89. The molecular weight excluding hydrogens is 408 g/mol. The molecule has 1 aliphatic rings. The minimum Gasteiger partial charge on any atom is -0.376 e. The number of hydrogen-bond donors (Lipinski definition) is 0. The van der Waals surface area contributed by atoms with Crippen LogP contribution in [0.2, 0.25) is 0 Å². The molecule has 1 atom stereocenters. The van der Waals surface area contributed by atoms with Crippen molar-refractivity contribution in [1.82, 2.24) is 4.57 Å². The Morgan fingerprint density at radius 1 is 1.23 bits per heavy atom. The lowest BCUT2D eigenvalue weighted by atomic mass is 10.1. The number of rotatable bonds is 4. The van der Waals surface area contributed by atoms with E-state index in [0.717, 1.165) is 41.0 Å². The summed E-state index contributed by atoms with van der Waals surface area (Å²) in [5, 5.41) is 2.20. The fourth-order valence-electron chi connectivity index (χ4n) is 3.20. The number of halogens is 1. The first-order valence-corrected chi connectivity index (χ1v) is 10.5. The number of ether oxygens (including phenoxy) is 1. The highest BCUT2D eigenvalue weighted by atomic mass is 79.9. The quantitative estimate of drug-likeness (QED) is 0.523. The molecule has 2 aromatic carbocycles. The molecule has 5 heteroatoms. The van der Waals surface area contributed by atoms with E-state index in [-0.39, 0.29) is 6.10 Å². The number of nitrogens with zero attached hydrogens (tertiary/aromatic N) is 2. The fourth-order valence-corrected chi connectivity index (χ4v) is 4.53. The molecule has 1 aromatic heterocycles. The van der Waals surface area contributed by atoms with Gasteiger partial charge in [-0.15, -0.1) is 11.3 Å². The van der Waals surface area contributed by atoms with Crippen LogP contribution in [0.15, 0.2) is 63.4 Å². The third-order valence-corrected chi connectivity index (χ3v) is 5.94. The van der Waals surface area contributed by atoms with Crippen molar-refractivity contribution in [3.63, 3.8) is 0 Å². The molecule has 0 radical (unpaired) electrons. The average molecular weight is 429 g/mol. The van der Waals surface area contributed by atoms with Gasteiger partial charge in [0.1, 0.15) is 0 Å². The van der Waals surface area contributed by atoms with Gasteiger partial charge in [0.15, 0.2) is 4.80 Å². The molecule has 0 bridgehead atoms. The first kappa shape index (κ1) is 17.7. The molecule has 0 N–H and O–H groups in total. The number of aromatic nitrogens is 1. The van der Waals surface area contributed by atoms with E-state index >= 15 is 0 Å². The molecule has 3 nitrogen and oxygen atoms in total. The van der Waals surface area contributed by atoms with Gasteiger partial charge in [-0.05, 0) is 44.0 Å². The largest absolute Gasteiger partial charge is 0.376 e. The van der Waals surface area contributed by atoms with Crippen LogP contribution in [0.3, 0.4) is 0 Å². The highest BCUT2D eigenvalue weighted by molar-refractivity contribution is 9.10. The Morgan fingerprint density at radius 3 is 2.81 bits per heavy atom. The van der Waals surface area contributed by atoms with E-state index in [9.17, 15) is 0 Å². The summed E-state index contributed by atoms with van der Waals surface area (Å²) in [7, 11) is 0. The van der Waals surface area contributed by atoms with E-state index in [4.69, 9.17) is 9.73 Å². The second-order valence-corrected chi connectivity index (χ2v) is 8.36. The standard InChI is InChI=1S/C21H21BrN2OS/c1-15-7-9-18(10-8-15)23-21-24(13-19-6-3-11-25-19)20(14-26-21)16-4-2-5-17(22)12-16/h2,4-5,7-10,12,14,19H,3,6,11,13H2,1H3. The van der Waals surface area contributed by atoms with E-state index in [1.54, 1.807) is 11.3 Å². The van der Waals surface area contributed by atoms with Gasteiger partial charge in [-0.2, -0.15) is 0 Å². The Bertz CT molecular complexity index is 953. The van der Waals surface area contributed by atoms with Crippen molar-refractivity contribution in [2.75, 3.05) is 6.61 Å². The van der Waals surface area contributed by atoms with Crippen LogP contribution in [0.1, 0.15) is 18.4 Å². The topological polar surface area (TPSA) is 26.5 Å². The van der Waals surface area contributed by atoms with Gasteiger partial charge < -0.3 is 9.30 Å². The Morgan fingerprint density at radius 2 is 2.08 bits per heavy atom. The Labute approximate surface area is 166 Å². The first-order chi connectivity index (χ1) is 12.7. The monoisotopic (exact) mass is 428 g/mol. The van der Waals surface area contributed by atoms with Crippen LogP contribution in [-0.2, 0) is 11.3 Å². The summed E-state index contributed by atoms with van der Waals surface area (Å²) < 4.78 is 9.29. The van der Waals surface area contributed by atoms with Gasteiger partial charge >= 0.3 is 0 Å². The zero-order chi connectivity index (χ0) is 17.9. The van der Waals surface area contributed by atoms with E-state index in [1.807, 2.05) is 0 Å². The lowest BCUT2D eigenvalue weighted by Gasteiger charge is -2.14. The van der Waals surface area contributed by atoms with Crippen LogP contribution in [0.25, 0.3) is 11.3 Å². The van der Waals surface area contributed by atoms with Crippen molar-refractivity contribution >= 4 is 33.0 Å². The Hall–Kier alpha value is -1.69. The van der Waals surface area contributed by atoms with Crippen molar-refractivity contribution in [1.29, 1.82) is 0 Å². The summed E-state index contributed by atoms with van der Waals surface area (Å²) in [5.41, 5.74) is 4.62. The van der Waals surface area contributed by atoms with Crippen molar-refractivity contribution in [2.45, 2.75) is 32.4 Å². The van der Waals surface area contributed by atoms with Crippen molar-refractivity contribution in [2.24, 2.45) is 4.99 Å². The number of hydrogen-bond acceptors (Lipinski definition) is 3. The lowest BCUT2D eigenvalue weighted by Crippen LogP contribution is -2.24. The van der Waals surface area contributed by atoms with E-state index in [0.29, 0.717) is 0 Å². The van der Waals surface area contributed by atoms with E-state index in [2.05, 4.69) is 81.3 Å². The Balaban J connectivity index is 1.79. The molecular formula is C21H21BrN2OS. The van der Waals surface area contributed by atoms with Gasteiger partial charge in [0, 0.05) is 22.0 Å². The zero-order valence-corrected chi connectivity index (χ0v) is 17.1. The smallest absolute Gasteiger partial charge is 0.190 e. The molecule has 2 heterocycles. The summed E-state index contributed by atoms with van der Waals surface area (Å²) in [5.74, 6) is 0. The summed E-state index contributed by atoms with van der Waals surface area (Å²) in [6.45, 7) is 3.81. The first-order valence-electron chi connectivity index (χ1n) is 8.86. The fraction of sp³-hybridized carbons (Fsp3) is 0.286. The molecule has 0 amide bonds. The van der Waals surface area contributed by atoms with Gasteiger partial charge in [-0.3, -0.25) is 0 Å². The summed E-state index contributed by atoms with van der Waals surface area (Å²) in [6, 6.07) is 16.8. The molecule has 0 saturated carbocycles. The zero-order valence-electron chi connectivity index (χ0n) is 14.7. The Kier molecular flexibility index (Phi) is 5.38. The SMILES string of the molecule is Cc1ccc(N=c2scc(-c3cccc(Br)c3)n2CC2CCCO2)cc1. The van der Waals surface area contributed by atoms with Crippen LogP contribution < -0.4 is 4.80 Å². The maximum Gasteiger partial charge on any atom is 0.190 e. The van der Waals surface area contributed by atoms with Crippen LogP contribution >= 0.6 is 27.3 Å². The predicted molar refractivity (Wildman–Crippen MR) is 111 cm³/mol. The summed E-state index contributed by atoms with van der Waals surface area (Å²) in [6.07, 6.45) is 2.53. The van der Waals surface area contributed by atoms with Crippen LogP contribution in [0.5, 0.6) is 0 Å². The highest BCUT2D eigenvalue weighted by Gasteiger charge is 2.19. The third kappa shape index (κ3) is 4.00. The number of benzene rings is 2. The van der Waals surface area contributed by atoms with Gasteiger partial charge in [0.25, 0.3) is 0 Å². The lowest BCUT2D eigenvalue weighted by molar-refractivity contribution is 0.0968. The molecule has 26 heavy (non-hydrogen) atoms. The van der Waals surface area contributed by atoms with Gasteiger partial charge in [0.05, 0.1) is 24.0 Å².